The Bertz CT molecular complexity index is 546. The van der Waals surface area contributed by atoms with Crippen LogP contribution in [0.4, 0.5) is 13.2 Å². The van der Waals surface area contributed by atoms with Crippen molar-refractivity contribution in [3.05, 3.63) is 16.1 Å². The van der Waals surface area contributed by atoms with Crippen LogP contribution in [0.15, 0.2) is 5.38 Å². The molecular weight excluding hydrogens is 313 g/mol. The fraction of sp³-hybridized carbons (Fsp3) is 0.545. The number of carbonyl (C=O) groups excluding carboxylic acids is 1. The summed E-state index contributed by atoms with van der Waals surface area (Å²) in [6.45, 7) is 2.55. The molecule has 0 bridgehead atoms. The van der Waals surface area contributed by atoms with Gasteiger partial charge in [-0.05, 0) is 13.8 Å². The highest BCUT2D eigenvalue weighted by atomic mass is 32.1. The van der Waals surface area contributed by atoms with Crippen LogP contribution in [0.3, 0.4) is 0 Å². The van der Waals surface area contributed by atoms with Crippen LogP contribution in [-0.2, 0) is 15.2 Å². The predicted molar refractivity (Wildman–Crippen MR) is 66.7 cm³/mol. The topological polar surface area (TPSA) is 99.5 Å². The van der Waals surface area contributed by atoms with Gasteiger partial charge >= 0.3 is 12.1 Å². The summed E-state index contributed by atoms with van der Waals surface area (Å²) in [7, 11) is 0. The van der Waals surface area contributed by atoms with Gasteiger partial charge in [0, 0.05) is 11.1 Å². The number of halogens is 3. The number of hydrogen-bond acceptors (Lipinski definition) is 5. The predicted octanol–water partition coefficient (Wildman–Crippen LogP) is 1.18. The zero-order valence-electron chi connectivity index (χ0n) is 11.1. The normalized spacial score (nSPS) is 16.1. The number of aromatic nitrogens is 1. The van der Waals surface area contributed by atoms with E-state index in [1.807, 2.05) is 5.32 Å². The number of aryl methyl sites for hydroxylation is 1. The Morgan fingerprint density at radius 3 is 2.43 bits per heavy atom. The first-order chi connectivity index (χ1) is 9.47. The maximum atomic E-state index is 13.1. The number of aliphatic carboxylic acids is 1. The van der Waals surface area contributed by atoms with Crippen LogP contribution in [0.5, 0.6) is 0 Å². The van der Waals surface area contributed by atoms with Crippen molar-refractivity contribution in [1.82, 2.24) is 10.3 Å². The van der Waals surface area contributed by atoms with Crippen molar-refractivity contribution in [3.8, 4) is 0 Å². The molecule has 0 saturated heterocycles. The molecule has 0 aliphatic heterocycles. The molecule has 0 fully saturated rings. The van der Waals surface area contributed by atoms with E-state index >= 15 is 0 Å². The molecule has 21 heavy (non-hydrogen) atoms. The van der Waals surface area contributed by atoms with Gasteiger partial charge in [0.05, 0.1) is 6.42 Å². The Labute approximate surface area is 121 Å². The van der Waals surface area contributed by atoms with Gasteiger partial charge in [0.25, 0.3) is 0 Å². The summed E-state index contributed by atoms with van der Waals surface area (Å²) in [5.41, 5.74) is -3.18. The summed E-state index contributed by atoms with van der Waals surface area (Å²) in [5.74, 6) is -2.64. The van der Waals surface area contributed by atoms with Crippen LogP contribution in [0.1, 0.15) is 24.0 Å². The van der Waals surface area contributed by atoms with E-state index in [-0.39, 0.29) is 5.69 Å². The second-order valence-corrected chi connectivity index (χ2v) is 5.31. The van der Waals surface area contributed by atoms with Gasteiger partial charge in [-0.3, -0.25) is 9.59 Å². The van der Waals surface area contributed by atoms with Crippen LogP contribution in [0.25, 0.3) is 0 Å². The number of nitrogens with one attached hydrogen (secondary N) is 1. The number of alkyl halides is 3. The molecule has 10 heteroatoms. The Balaban J connectivity index is 3.00. The molecule has 3 N–H and O–H groups in total. The summed E-state index contributed by atoms with van der Waals surface area (Å²) in [6, 6.07) is -1.37. The Morgan fingerprint density at radius 1 is 1.48 bits per heavy atom. The molecule has 0 aromatic carbocycles. The van der Waals surface area contributed by atoms with E-state index in [1.54, 1.807) is 0 Å². The van der Waals surface area contributed by atoms with Gasteiger partial charge in [-0.1, -0.05) is 0 Å². The number of carboxylic acid groups (broad SMARTS) is 1. The van der Waals surface area contributed by atoms with Gasteiger partial charge in [-0.2, -0.15) is 13.2 Å². The van der Waals surface area contributed by atoms with Crippen molar-refractivity contribution >= 4 is 23.2 Å². The molecular formula is C11H13F3N2O4S. The van der Waals surface area contributed by atoms with E-state index in [0.717, 1.165) is 6.92 Å². The second kappa shape index (κ2) is 5.98. The summed E-state index contributed by atoms with van der Waals surface area (Å²) >= 11 is 0.573. The van der Waals surface area contributed by atoms with E-state index < -0.39 is 41.1 Å². The van der Waals surface area contributed by atoms with Gasteiger partial charge in [0.2, 0.25) is 11.5 Å². The maximum absolute atomic E-state index is 13.1. The SMILES string of the molecule is Cc1csc(C(O)(CC(=O)N[C@H](C)C(=O)O)C(F)(F)F)n1. The minimum Gasteiger partial charge on any atom is -0.480 e. The molecule has 1 heterocycles. The minimum atomic E-state index is -5.12. The minimum absolute atomic E-state index is 0.275. The number of carboxylic acids is 1. The number of hydrogen-bond donors (Lipinski definition) is 3. The van der Waals surface area contributed by atoms with Gasteiger partial charge in [-0.15, -0.1) is 11.3 Å². The highest BCUT2D eigenvalue weighted by Gasteiger charge is 2.58. The van der Waals surface area contributed by atoms with E-state index in [9.17, 15) is 27.9 Å². The molecule has 1 aromatic rings. The summed E-state index contributed by atoms with van der Waals surface area (Å²) in [5, 5.41) is 21.0. The largest absolute Gasteiger partial charge is 0.480 e. The van der Waals surface area contributed by atoms with E-state index in [2.05, 4.69) is 4.98 Å². The number of rotatable bonds is 5. The lowest BCUT2D eigenvalue weighted by Crippen LogP contribution is -2.48. The quantitative estimate of drug-likeness (QED) is 0.754. The smallest absolute Gasteiger partial charge is 0.424 e. The molecule has 1 amide bonds. The standard InChI is InChI=1S/C11H13F3N2O4S/c1-5-4-21-9(15-5)10(20,11(12,13)14)3-7(17)16-6(2)8(18)19/h4,6,20H,3H2,1-2H3,(H,16,17)(H,18,19)/t6-,10?/m1/s1. The third kappa shape index (κ3) is 3.91. The Hall–Kier alpha value is -1.68. The number of nitrogens with zero attached hydrogens (tertiary/aromatic N) is 1. The van der Waals surface area contributed by atoms with E-state index in [1.165, 1.54) is 12.3 Å². The van der Waals surface area contributed by atoms with Gasteiger partial charge in [0.15, 0.2) is 0 Å². The lowest BCUT2D eigenvalue weighted by atomic mass is 9.99. The van der Waals surface area contributed by atoms with Crippen LogP contribution >= 0.6 is 11.3 Å². The lowest BCUT2D eigenvalue weighted by molar-refractivity contribution is -0.267. The van der Waals surface area contributed by atoms with Crippen molar-refractivity contribution in [2.24, 2.45) is 0 Å². The van der Waals surface area contributed by atoms with Crippen molar-refractivity contribution in [1.29, 1.82) is 0 Å². The summed E-state index contributed by atoms with van der Waals surface area (Å²) in [4.78, 5) is 25.7. The molecule has 2 atom stereocenters. The number of carbonyl (C=O) groups is 2. The zero-order valence-corrected chi connectivity index (χ0v) is 11.9. The average molecular weight is 326 g/mol. The second-order valence-electron chi connectivity index (χ2n) is 4.46. The first kappa shape index (κ1) is 17.4. The van der Waals surface area contributed by atoms with Crippen LogP contribution in [0.2, 0.25) is 0 Å². The van der Waals surface area contributed by atoms with Gasteiger partial charge < -0.3 is 15.5 Å². The van der Waals surface area contributed by atoms with E-state index in [4.69, 9.17) is 5.11 Å². The first-order valence-electron chi connectivity index (χ1n) is 5.71. The van der Waals surface area contributed by atoms with E-state index in [0.29, 0.717) is 11.3 Å². The molecule has 1 rings (SSSR count). The molecule has 1 aromatic heterocycles. The van der Waals surface area contributed by atoms with Crippen molar-refractivity contribution < 1.29 is 33.0 Å². The zero-order chi connectivity index (χ0) is 16.4. The molecule has 0 saturated carbocycles. The highest BCUT2D eigenvalue weighted by Crippen LogP contribution is 2.42. The molecule has 118 valence electrons. The summed E-state index contributed by atoms with van der Waals surface area (Å²) in [6.07, 6.45) is -6.48. The molecule has 0 spiro atoms. The number of aliphatic hydroxyl groups is 1. The van der Waals surface area contributed by atoms with Crippen LogP contribution in [-0.4, -0.2) is 39.3 Å². The fourth-order valence-corrected chi connectivity index (χ4v) is 2.34. The molecule has 0 aliphatic rings. The third-order valence-electron chi connectivity index (χ3n) is 2.61. The van der Waals surface area contributed by atoms with Gasteiger partial charge in [-0.25, -0.2) is 4.98 Å². The van der Waals surface area contributed by atoms with Crippen LogP contribution < -0.4 is 5.32 Å². The molecule has 0 radical (unpaired) electrons. The fourth-order valence-electron chi connectivity index (χ4n) is 1.43. The number of thiazole rings is 1. The summed E-state index contributed by atoms with van der Waals surface area (Å²) < 4.78 is 39.2. The van der Waals surface area contributed by atoms with Crippen molar-refractivity contribution in [2.75, 3.05) is 0 Å². The molecule has 0 aliphatic carbocycles. The highest BCUT2D eigenvalue weighted by molar-refractivity contribution is 7.09. The third-order valence-corrected chi connectivity index (χ3v) is 3.72. The lowest BCUT2D eigenvalue weighted by Gasteiger charge is -2.28. The van der Waals surface area contributed by atoms with Gasteiger partial charge in [0.1, 0.15) is 11.0 Å². The van der Waals surface area contributed by atoms with Crippen molar-refractivity contribution in [2.45, 2.75) is 38.1 Å². The first-order valence-corrected chi connectivity index (χ1v) is 6.59. The Kier molecular flexibility index (Phi) is 4.95. The van der Waals surface area contributed by atoms with Crippen LogP contribution in [0, 0.1) is 6.92 Å². The van der Waals surface area contributed by atoms with Crippen molar-refractivity contribution in [3.63, 3.8) is 0 Å². The monoisotopic (exact) mass is 326 g/mol. The molecule has 1 unspecified atom stereocenters. The Morgan fingerprint density at radius 2 is 2.05 bits per heavy atom. The number of amides is 1. The average Bonchev–Trinajstić information content (AvgIpc) is 2.74. The molecule has 6 nitrogen and oxygen atoms in total. The maximum Gasteiger partial charge on any atom is 0.424 e.